The van der Waals surface area contributed by atoms with Crippen LogP contribution in [0.1, 0.15) is 0 Å². The summed E-state index contributed by atoms with van der Waals surface area (Å²) in [5.74, 6) is 0. The lowest BCUT2D eigenvalue weighted by molar-refractivity contribution is 0.833. The molecule has 0 saturated carbocycles. The summed E-state index contributed by atoms with van der Waals surface area (Å²) in [5, 5.41) is 3.82. The molecule has 3 rings (SSSR count). The van der Waals surface area contributed by atoms with Crippen molar-refractivity contribution in [2.45, 2.75) is 6.55 Å². The van der Waals surface area contributed by atoms with Crippen molar-refractivity contribution in [2.24, 2.45) is 0 Å². The summed E-state index contributed by atoms with van der Waals surface area (Å²) in [7, 11) is -3.12. The average molecular weight is 266 g/mol. The molecule has 0 aromatic heterocycles. The van der Waals surface area contributed by atoms with Crippen LogP contribution in [0.2, 0.25) is 6.55 Å². The van der Waals surface area contributed by atoms with Gasteiger partial charge in [-0.3, -0.25) is 0 Å². The van der Waals surface area contributed by atoms with Gasteiger partial charge in [-0.05, 0) is 27.7 Å². The van der Waals surface area contributed by atoms with Crippen LogP contribution < -0.4 is 10.4 Å². The quantitative estimate of drug-likeness (QED) is 0.492. The van der Waals surface area contributed by atoms with Crippen LogP contribution in [0.15, 0.2) is 72.8 Å². The van der Waals surface area contributed by atoms with Crippen LogP contribution in [-0.2, 0) is 0 Å². The Balaban J connectivity index is 2.24. The molecule has 0 amide bonds. The molecule has 0 aliphatic heterocycles. The van der Waals surface area contributed by atoms with Gasteiger partial charge in [0.15, 0.2) is 0 Å². The normalized spacial score (nSPS) is 14.2. The fourth-order valence-electron chi connectivity index (χ4n) is 2.54. The van der Waals surface area contributed by atoms with Crippen molar-refractivity contribution in [3.8, 4) is 0 Å². The predicted octanol–water partition coefficient (Wildman–Crippen LogP) is 3.50. The fraction of sp³-hybridized carbons (Fsp3) is 0.0588. The van der Waals surface area contributed by atoms with Crippen molar-refractivity contribution in [3.63, 3.8) is 0 Å². The second kappa shape index (κ2) is 4.63. The van der Waals surface area contributed by atoms with E-state index < -0.39 is 8.41 Å². The molecule has 0 unspecified atom stereocenters. The fourth-order valence-corrected chi connectivity index (χ4v) is 4.81. The standard InChI is InChI=1S/C17H15FSi/c1-19(18,15-10-3-2-4-11-15)17-13-7-9-14-8-5-6-12-16(14)17/h2-13H,1H3/t19-/m1/s1. The molecule has 1 atom stereocenters. The van der Waals surface area contributed by atoms with E-state index in [9.17, 15) is 0 Å². The summed E-state index contributed by atoms with van der Waals surface area (Å²) in [6.07, 6.45) is 0. The van der Waals surface area contributed by atoms with E-state index in [2.05, 4.69) is 0 Å². The van der Waals surface area contributed by atoms with Crippen molar-refractivity contribution < 1.29 is 4.11 Å². The van der Waals surface area contributed by atoms with Crippen LogP contribution in [0.25, 0.3) is 10.8 Å². The molecule has 0 spiro atoms. The summed E-state index contributed by atoms with van der Waals surface area (Å²) in [6, 6.07) is 23.5. The van der Waals surface area contributed by atoms with Crippen molar-refractivity contribution in [2.75, 3.05) is 0 Å². The molecular weight excluding hydrogens is 251 g/mol. The van der Waals surface area contributed by atoms with Crippen LogP contribution >= 0.6 is 0 Å². The summed E-state index contributed by atoms with van der Waals surface area (Å²) < 4.78 is 15.4. The van der Waals surface area contributed by atoms with E-state index >= 15 is 4.11 Å². The first-order chi connectivity index (χ1) is 9.19. The van der Waals surface area contributed by atoms with Gasteiger partial charge in [0, 0.05) is 0 Å². The summed E-state index contributed by atoms with van der Waals surface area (Å²) in [6.45, 7) is 1.77. The Labute approximate surface area is 113 Å². The van der Waals surface area contributed by atoms with Crippen LogP contribution in [0, 0.1) is 0 Å². The zero-order chi connectivity index (χ0) is 13.3. The largest absolute Gasteiger partial charge is 0.306 e. The van der Waals surface area contributed by atoms with Crippen LogP contribution in [-0.4, -0.2) is 8.41 Å². The highest BCUT2D eigenvalue weighted by Crippen LogP contribution is 2.16. The zero-order valence-electron chi connectivity index (χ0n) is 10.8. The molecule has 0 bridgehead atoms. The molecule has 0 fully saturated rings. The van der Waals surface area contributed by atoms with Gasteiger partial charge in [-0.1, -0.05) is 72.8 Å². The number of halogens is 1. The van der Waals surface area contributed by atoms with E-state index in [0.717, 1.165) is 21.1 Å². The van der Waals surface area contributed by atoms with Gasteiger partial charge < -0.3 is 4.11 Å². The lowest BCUT2D eigenvalue weighted by Crippen LogP contribution is -2.52. The Hall–Kier alpha value is -1.93. The lowest BCUT2D eigenvalue weighted by Gasteiger charge is -2.20. The highest BCUT2D eigenvalue weighted by atomic mass is 28.4. The number of rotatable bonds is 2. The topological polar surface area (TPSA) is 0 Å². The Bertz CT molecular complexity index is 699. The SMILES string of the molecule is C[Si@@](F)(c1ccccc1)c1cccc2ccccc12. The summed E-state index contributed by atoms with van der Waals surface area (Å²) in [5.41, 5.74) is 0. The van der Waals surface area contributed by atoms with Gasteiger partial charge in [-0.2, -0.15) is 0 Å². The second-order valence-corrected chi connectivity index (χ2v) is 8.02. The van der Waals surface area contributed by atoms with Crippen molar-refractivity contribution in [1.82, 2.24) is 0 Å². The number of hydrogen-bond acceptors (Lipinski definition) is 0. The maximum Gasteiger partial charge on any atom is 0.306 e. The maximum absolute atomic E-state index is 15.4. The van der Waals surface area contributed by atoms with Crippen LogP contribution in [0.3, 0.4) is 0 Å². The predicted molar refractivity (Wildman–Crippen MR) is 82.4 cm³/mol. The third-order valence-electron chi connectivity index (χ3n) is 3.61. The Morgan fingerprint density at radius 1 is 0.737 bits per heavy atom. The van der Waals surface area contributed by atoms with Crippen molar-refractivity contribution in [1.29, 1.82) is 0 Å². The first-order valence-electron chi connectivity index (χ1n) is 6.42. The van der Waals surface area contributed by atoms with Gasteiger partial charge in [0.1, 0.15) is 0 Å². The molecule has 0 nitrogen and oxygen atoms in total. The van der Waals surface area contributed by atoms with E-state index in [4.69, 9.17) is 0 Å². The Morgan fingerprint density at radius 3 is 2.16 bits per heavy atom. The molecular formula is C17H15FSi. The average Bonchev–Trinajstić information content (AvgIpc) is 2.47. The minimum atomic E-state index is -3.12. The first kappa shape index (κ1) is 12.1. The molecule has 0 saturated heterocycles. The lowest BCUT2D eigenvalue weighted by atomic mass is 10.1. The van der Waals surface area contributed by atoms with Gasteiger partial charge in [0.25, 0.3) is 0 Å². The number of benzene rings is 3. The highest BCUT2D eigenvalue weighted by Gasteiger charge is 2.34. The van der Waals surface area contributed by atoms with E-state index in [1.807, 2.05) is 72.8 Å². The van der Waals surface area contributed by atoms with Crippen LogP contribution in [0.5, 0.6) is 0 Å². The highest BCUT2D eigenvalue weighted by molar-refractivity contribution is 6.97. The molecule has 0 N–H and O–H groups in total. The number of hydrogen-bond donors (Lipinski definition) is 0. The molecule has 2 heteroatoms. The number of fused-ring (bicyclic) bond motifs is 1. The molecule has 0 radical (unpaired) electrons. The molecule has 0 heterocycles. The van der Waals surface area contributed by atoms with Gasteiger partial charge in [-0.15, -0.1) is 0 Å². The summed E-state index contributed by atoms with van der Waals surface area (Å²) in [4.78, 5) is 0. The van der Waals surface area contributed by atoms with Gasteiger partial charge >= 0.3 is 8.41 Å². The molecule has 3 aromatic rings. The Kier molecular flexibility index (Phi) is 2.95. The van der Waals surface area contributed by atoms with E-state index in [1.54, 1.807) is 6.55 Å². The Morgan fingerprint density at radius 2 is 1.37 bits per heavy atom. The van der Waals surface area contributed by atoms with Gasteiger partial charge in [0.2, 0.25) is 0 Å². The third kappa shape index (κ3) is 2.08. The van der Waals surface area contributed by atoms with E-state index in [-0.39, 0.29) is 0 Å². The van der Waals surface area contributed by atoms with E-state index in [1.165, 1.54) is 0 Å². The van der Waals surface area contributed by atoms with E-state index in [0.29, 0.717) is 0 Å². The van der Waals surface area contributed by atoms with Gasteiger partial charge in [-0.25, -0.2) is 0 Å². The second-order valence-electron chi connectivity index (χ2n) is 4.90. The third-order valence-corrected chi connectivity index (χ3v) is 6.48. The zero-order valence-corrected chi connectivity index (χ0v) is 11.8. The summed E-state index contributed by atoms with van der Waals surface area (Å²) >= 11 is 0. The molecule has 3 aromatic carbocycles. The smallest absolute Gasteiger partial charge is 0.302 e. The van der Waals surface area contributed by atoms with Crippen molar-refractivity contribution in [3.05, 3.63) is 72.8 Å². The molecule has 0 aliphatic carbocycles. The van der Waals surface area contributed by atoms with Crippen LogP contribution in [0.4, 0.5) is 4.11 Å². The van der Waals surface area contributed by atoms with Gasteiger partial charge in [0.05, 0.1) is 0 Å². The minimum absolute atomic E-state index is 0.825. The molecule has 0 aliphatic rings. The molecule has 19 heavy (non-hydrogen) atoms. The molecule has 94 valence electrons. The maximum atomic E-state index is 15.4. The van der Waals surface area contributed by atoms with Crippen molar-refractivity contribution >= 4 is 29.6 Å². The minimum Gasteiger partial charge on any atom is -0.302 e. The first-order valence-corrected chi connectivity index (χ1v) is 8.80. The monoisotopic (exact) mass is 266 g/mol.